The first-order chi connectivity index (χ1) is 11.8. The molecule has 2 rings (SSSR count). The molecule has 1 N–H and O–H groups in total. The number of hydrogen-bond donors (Lipinski definition) is 1. The molecule has 0 bridgehead atoms. The fourth-order valence-electron chi connectivity index (χ4n) is 2.46. The van der Waals surface area contributed by atoms with E-state index in [9.17, 15) is 4.79 Å². The molecule has 1 amide bonds. The first-order valence-electron chi connectivity index (χ1n) is 8.46. The molecule has 0 aromatic heterocycles. The standard InChI is InChI=1S/C21H27NO3/c1-15(16-6-10-18(24-5)11-7-16)22-20(23)14-25-19-12-8-17(9-13-19)21(2,3)4/h6-13,15H,14H2,1-5H3,(H,22,23). The molecule has 0 radical (unpaired) electrons. The lowest BCUT2D eigenvalue weighted by Crippen LogP contribution is -2.31. The van der Waals surface area contributed by atoms with Crippen molar-refractivity contribution in [2.75, 3.05) is 13.7 Å². The summed E-state index contributed by atoms with van der Waals surface area (Å²) in [7, 11) is 1.63. The van der Waals surface area contributed by atoms with E-state index < -0.39 is 0 Å². The lowest BCUT2D eigenvalue weighted by Gasteiger charge is -2.19. The molecule has 1 unspecified atom stereocenters. The van der Waals surface area contributed by atoms with Crippen molar-refractivity contribution in [2.45, 2.75) is 39.2 Å². The van der Waals surface area contributed by atoms with E-state index in [4.69, 9.17) is 9.47 Å². The summed E-state index contributed by atoms with van der Waals surface area (Å²) in [6.45, 7) is 8.43. The second kappa shape index (κ2) is 8.06. The number of methoxy groups -OCH3 is 1. The Morgan fingerprint density at radius 1 is 1.00 bits per heavy atom. The molecule has 1 atom stereocenters. The van der Waals surface area contributed by atoms with Crippen molar-refractivity contribution in [2.24, 2.45) is 0 Å². The third kappa shape index (κ3) is 5.52. The summed E-state index contributed by atoms with van der Waals surface area (Å²) >= 11 is 0. The summed E-state index contributed by atoms with van der Waals surface area (Å²) in [5.41, 5.74) is 2.35. The fraction of sp³-hybridized carbons (Fsp3) is 0.381. The van der Waals surface area contributed by atoms with Gasteiger partial charge in [-0.3, -0.25) is 4.79 Å². The molecule has 25 heavy (non-hydrogen) atoms. The Kier molecular flexibility index (Phi) is 6.07. The molecule has 0 aliphatic rings. The highest BCUT2D eigenvalue weighted by Crippen LogP contribution is 2.24. The van der Waals surface area contributed by atoms with Crippen LogP contribution in [0.25, 0.3) is 0 Å². The Bertz CT molecular complexity index is 685. The van der Waals surface area contributed by atoms with Crippen molar-refractivity contribution < 1.29 is 14.3 Å². The van der Waals surface area contributed by atoms with Gasteiger partial charge in [-0.2, -0.15) is 0 Å². The van der Waals surface area contributed by atoms with Crippen molar-refractivity contribution in [3.63, 3.8) is 0 Å². The van der Waals surface area contributed by atoms with E-state index in [0.29, 0.717) is 5.75 Å². The SMILES string of the molecule is COc1ccc(C(C)NC(=O)COc2ccc(C(C)(C)C)cc2)cc1. The largest absolute Gasteiger partial charge is 0.497 e. The first kappa shape index (κ1) is 18.8. The van der Waals surface area contributed by atoms with Gasteiger partial charge in [-0.15, -0.1) is 0 Å². The topological polar surface area (TPSA) is 47.6 Å². The minimum atomic E-state index is -0.150. The average Bonchev–Trinajstić information content (AvgIpc) is 2.59. The van der Waals surface area contributed by atoms with E-state index in [1.165, 1.54) is 5.56 Å². The molecule has 2 aromatic rings. The molecule has 0 heterocycles. The van der Waals surface area contributed by atoms with Crippen LogP contribution in [0.5, 0.6) is 11.5 Å². The zero-order valence-corrected chi connectivity index (χ0v) is 15.6. The van der Waals surface area contributed by atoms with E-state index in [-0.39, 0.29) is 24.0 Å². The van der Waals surface area contributed by atoms with Gasteiger partial charge in [0.1, 0.15) is 11.5 Å². The molecular weight excluding hydrogens is 314 g/mol. The van der Waals surface area contributed by atoms with E-state index in [0.717, 1.165) is 11.3 Å². The first-order valence-corrected chi connectivity index (χ1v) is 8.46. The van der Waals surface area contributed by atoms with Gasteiger partial charge in [-0.1, -0.05) is 45.0 Å². The van der Waals surface area contributed by atoms with Gasteiger partial charge < -0.3 is 14.8 Å². The van der Waals surface area contributed by atoms with Gasteiger partial charge in [0.05, 0.1) is 13.2 Å². The number of nitrogens with one attached hydrogen (secondary N) is 1. The average molecular weight is 341 g/mol. The third-order valence-electron chi connectivity index (χ3n) is 4.08. The number of carbonyl (C=O) groups excluding carboxylic acids is 1. The van der Waals surface area contributed by atoms with E-state index in [1.54, 1.807) is 7.11 Å². The lowest BCUT2D eigenvalue weighted by atomic mass is 9.87. The Hall–Kier alpha value is -2.49. The molecule has 4 heteroatoms. The summed E-state index contributed by atoms with van der Waals surface area (Å²) in [5.74, 6) is 1.34. The molecule has 0 saturated carbocycles. The number of amides is 1. The van der Waals surface area contributed by atoms with Crippen molar-refractivity contribution in [1.82, 2.24) is 5.32 Å². The second-order valence-electron chi connectivity index (χ2n) is 7.13. The minimum absolute atomic E-state index is 0.00460. The van der Waals surface area contributed by atoms with Crippen molar-refractivity contribution in [3.8, 4) is 11.5 Å². The molecule has 0 spiro atoms. The highest BCUT2D eigenvalue weighted by atomic mass is 16.5. The maximum absolute atomic E-state index is 12.1. The monoisotopic (exact) mass is 341 g/mol. The zero-order valence-electron chi connectivity index (χ0n) is 15.6. The molecule has 4 nitrogen and oxygen atoms in total. The van der Waals surface area contributed by atoms with Crippen LogP contribution in [0.15, 0.2) is 48.5 Å². The predicted molar refractivity (Wildman–Crippen MR) is 100 cm³/mol. The Morgan fingerprint density at radius 2 is 1.56 bits per heavy atom. The summed E-state index contributed by atoms with van der Waals surface area (Å²) in [5, 5.41) is 2.93. The van der Waals surface area contributed by atoms with Crippen molar-refractivity contribution >= 4 is 5.91 Å². The summed E-state index contributed by atoms with van der Waals surface area (Å²) in [4.78, 5) is 12.1. The van der Waals surface area contributed by atoms with Crippen LogP contribution in [0.2, 0.25) is 0 Å². The van der Waals surface area contributed by atoms with Gasteiger partial charge in [-0.05, 0) is 47.7 Å². The Morgan fingerprint density at radius 3 is 2.08 bits per heavy atom. The quantitative estimate of drug-likeness (QED) is 0.854. The number of ether oxygens (including phenoxy) is 2. The van der Waals surface area contributed by atoms with Gasteiger partial charge in [-0.25, -0.2) is 0 Å². The molecule has 0 aliphatic heterocycles. The van der Waals surface area contributed by atoms with Crippen LogP contribution in [-0.4, -0.2) is 19.6 Å². The van der Waals surface area contributed by atoms with Crippen LogP contribution in [0.4, 0.5) is 0 Å². The van der Waals surface area contributed by atoms with Crippen molar-refractivity contribution in [1.29, 1.82) is 0 Å². The Balaban J connectivity index is 1.85. The smallest absolute Gasteiger partial charge is 0.258 e. The molecular formula is C21H27NO3. The van der Waals surface area contributed by atoms with Crippen LogP contribution >= 0.6 is 0 Å². The minimum Gasteiger partial charge on any atom is -0.497 e. The van der Waals surface area contributed by atoms with Gasteiger partial charge in [0.15, 0.2) is 6.61 Å². The number of rotatable bonds is 6. The summed E-state index contributed by atoms with van der Waals surface area (Å²) < 4.78 is 10.7. The van der Waals surface area contributed by atoms with E-state index in [1.807, 2.05) is 55.5 Å². The lowest BCUT2D eigenvalue weighted by molar-refractivity contribution is -0.123. The molecule has 0 fully saturated rings. The highest BCUT2D eigenvalue weighted by Gasteiger charge is 2.14. The third-order valence-corrected chi connectivity index (χ3v) is 4.08. The second-order valence-corrected chi connectivity index (χ2v) is 7.13. The van der Waals surface area contributed by atoms with Gasteiger partial charge in [0, 0.05) is 0 Å². The number of carbonyl (C=O) groups is 1. The number of hydrogen-bond acceptors (Lipinski definition) is 3. The molecule has 0 aliphatic carbocycles. The van der Waals surface area contributed by atoms with Gasteiger partial charge in [0.25, 0.3) is 5.91 Å². The van der Waals surface area contributed by atoms with E-state index >= 15 is 0 Å². The highest BCUT2D eigenvalue weighted by molar-refractivity contribution is 5.78. The van der Waals surface area contributed by atoms with Crippen LogP contribution < -0.4 is 14.8 Å². The zero-order chi connectivity index (χ0) is 18.4. The van der Waals surface area contributed by atoms with Gasteiger partial charge in [0.2, 0.25) is 0 Å². The van der Waals surface area contributed by atoms with Crippen LogP contribution in [-0.2, 0) is 10.2 Å². The van der Waals surface area contributed by atoms with Crippen LogP contribution in [0, 0.1) is 0 Å². The summed E-state index contributed by atoms with van der Waals surface area (Å²) in [6, 6.07) is 15.4. The molecule has 134 valence electrons. The van der Waals surface area contributed by atoms with Crippen LogP contribution in [0.3, 0.4) is 0 Å². The van der Waals surface area contributed by atoms with Gasteiger partial charge >= 0.3 is 0 Å². The Labute approximate surface area is 150 Å². The van der Waals surface area contributed by atoms with Crippen molar-refractivity contribution in [3.05, 3.63) is 59.7 Å². The van der Waals surface area contributed by atoms with E-state index in [2.05, 4.69) is 26.1 Å². The number of benzene rings is 2. The predicted octanol–water partition coefficient (Wildman–Crippen LogP) is 4.25. The summed E-state index contributed by atoms with van der Waals surface area (Å²) in [6.07, 6.45) is 0. The normalized spacial score (nSPS) is 12.4. The molecule has 2 aromatic carbocycles. The molecule has 0 saturated heterocycles. The maximum atomic E-state index is 12.1. The fourth-order valence-corrected chi connectivity index (χ4v) is 2.46. The maximum Gasteiger partial charge on any atom is 0.258 e. The van der Waals surface area contributed by atoms with Crippen LogP contribution in [0.1, 0.15) is 44.9 Å².